The number of nitrogens with zero attached hydrogens (tertiary/aromatic N) is 1. The second-order valence-corrected chi connectivity index (χ2v) is 4.36. The molecule has 0 aromatic heterocycles. The van der Waals surface area contributed by atoms with Gasteiger partial charge in [0.05, 0.1) is 6.10 Å². The van der Waals surface area contributed by atoms with Gasteiger partial charge in [-0.15, -0.1) is 24.0 Å². The summed E-state index contributed by atoms with van der Waals surface area (Å²) in [5, 5.41) is 6.51. The van der Waals surface area contributed by atoms with E-state index in [-0.39, 0.29) is 30.1 Å². The van der Waals surface area contributed by atoms with Crippen LogP contribution >= 0.6 is 24.0 Å². The first-order valence-electron chi connectivity index (χ1n) is 6.83. The maximum atomic E-state index is 5.51. The minimum Gasteiger partial charge on any atom is -0.385 e. The first-order chi connectivity index (χ1) is 9.81. The van der Waals surface area contributed by atoms with Gasteiger partial charge in [-0.05, 0) is 12.0 Å². The fourth-order valence-electron chi connectivity index (χ4n) is 1.84. The quantitative estimate of drug-likeness (QED) is 0.300. The molecule has 5 nitrogen and oxygen atoms in total. The Labute approximate surface area is 144 Å². The van der Waals surface area contributed by atoms with Gasteiger partial charge in [0.2, 0.25) is 0 Å². The summed E-state index contributed by atoms with van der Waals surface area (Å²) in [6.07, 6.45) is 0.956. The molecule has 6 heteroatoms. The summed E-state index contributed by atoms with van der Waals surface area (Å²) in [7, 11) is 5.18. The molecule has 0 aliphatic rings. The van der Waals surface area contributed by atoms with Gasteiger partial charge < -0.3 is 20.1 Å². The molecule has 0 radical (unpaired) electrons. The molecule has 0 aliphatic heterocycles. The molecule has 0 bridgehead atoms. The zero-order chi connectivity index (χ0) is 14.6. The molecule has 0 amide bonds. The minimum absolute atomic E-state index is 0. The molecular weight excluding hydrogens is 381 g/mol. The fraction of sp³-hybridized carbons (Fsp3) is 0.533. The average molecular weight is 407 g/mol. The Hall–Kier alpha value is -0.860. The van der Waals surface area contributed by atoms with Crippen molar-refractivity contribution in [1.29, 1.82) is 0 Å². The van der Waals surface area contributed by atoms with Gasteiger partial charge in [0, 0.05) is 41.0 Å². The second-order valence-electron chi connectivity index (χ2n) is 4.36. The molecule has 1 atom stereocenters. The Morgan fingerprint density at radius 2 is 1.90 bits per heavy atom. The van der Waals surface area contributed by atoms with Crippen LogP contribution in [-0.4, -0.2) is 46.9 Å². The van der Waals surface area contributed by atoms with Crippen LogP contribution in [0.25, 0.3) is 0 Å². The number of aliphatic imine (C=N–C) groups is 1. The summed E-state index contributed by atoms with van der Waals surface area (Å²) >= 11 is 0. The van der Waals surface area contributed by atoms with Crippen molar-refractivity contribution in [2.24, 2.45) is 4.99 Å². The SMILES string of the molecule is CN=C(NCCCOC)NCC(OC)c1ccccc1.I. The number of methoxy groups -OCH3 is 2. The van der Waals surface area contributed by atoms with E-state index in [2.05, 4.69) is 27.8 Å². The van der Waals surface area contributed by atoms with Gasteiger partial charge in [0.25, 0.3) is 0 Å². The van der Waals surface area contributed by atoms with Crippen molar-refractivity contribution >= 4 is 29.9 Å². The predicted octanol–water partition coefficient (Wildman–Crippen LogP) is 2.19. The van der Waals surface area contributed by atoms with Gasteiger partial charge in [-0.25, -0.2) is 0 Å². The molecule has 2 N–H and O–H groups in total. The molecule has 21 heavy (non-hydrogen) atoms. The normalized spacial score (nSPS) is 12.4. The van der Waals surface area contributed by atoms with Crippen LogP contribution in [0.5, 0.6) is 0 Å². The van der Waals surface area contributed by atoms with Crippen LogP contribution in [0.3, 0.4) is 0 Å². The lowest BCUT2D eigenvalue weighted by Gasteiger charge is -2.18. The van der Waals surface area contributed by atoms with E-state index < -0.39 is 0 Å². The number of ether oxygens (including phenoxy) is 2. The molecular formula is C15H26IN3O2. The zero-order valence-corrected chi connectivity index (χ0v) is 15.3. The van der Waals surface area contributed by atoms with E-state index in [1.54, 1.807) is 21.3 Å². The standard InChI is InChI=1S/C15H25N3O2.HI/c1-16-15(17-10-7-11-19-2)18-12-14(20-3)13-8-5-4-6-9-13;/h4-6,8-9,14H,7,10-12H2,1-3H3,(H2,16,17,18);1H. The van der Waals surface area contributed by atoms with Crippen LogP contribution in [0, 0.1) is 0 Å². The molecule has 0 spiro atoms. The number of hydrogen-bond donors (Lipinski definition) is 2. The summed E-state index contributed by atoms with van der Waals surface area (Å²) in [6.45, 7) is 2.25. The Balaban J connectivity index is 0.00000400. The number of nitrogens with one attached hydrogen (secondary N) is 2. The van der Waals surface area contributed by atoms with Crippen molar-refractivity contribution < 1.29 is 9.47 Å². The third-order valence-electron chi connectivity index (χ3n) is 2.95. The third-order valence-corrected chi connectivity index (χ3v) is 2.95. The van der Waals surface area contributed by atoms with Gasteiger partial charge in [-0.3, -0.25) is 4.99 Å². The number of halogens is 1. The van der Waals surface area contributed by atoms with Crippen LogP contribution < -0.4 is 10.6 Å². The Bertz CT molecular complexity index is 388. The number of rotatable bonds is 8. The van der Waals surface area contributed by atoms with E-state index >= 15 is 0 Å². The van der Waals surface area contributed by atoms with E-state index in [0.717, 1.165) is 31.1 Å². The smallest absolute Gasteiger partial charge is 0.191 e. The Kier molecular flexibility index (Phi) is 12.3. The lowest BCUT2D eigenvalue weighted by Crippen LogP contribution is -2.40. The Morgan fingerprint density at radius 3 is 2.48 bits per heavy atom. The number of guanidine groups is 1. The van der Waals surface area contributed by atoms with Crippen LogP contribution in [0.1, 0.15) is 18.1 Å². The van der Waals surface area contributed by atoms with E-state index in [4.69, 9.17) is 9.47 Å². The van der Waals surface area contributed by atoms with Gasteiger partial charge in [-0.1, -0.05) is 30.3 Å². The molecule has 1 aromatic carbocycles. The highest BCUT2D eigenvalue weighted by atomic mass is 127. The van der Waals surface area contributed by atoms with Gasteiger partial charge in [0.15, 0.2) is 5.96 Å². The van der Waals surface area contributed by atoms with Gasteiger partial charge >= 0.3 is 0 Å². The van der Waals surface area contributed by atoms with Gasteiger partial charge in [0.1, 0.15) is 0 Å². The van der Waals surface area contributed by atoms with Gasteiger partial charge in [-0.2, -0.15) is 0 Å². The van der Waals surface area contributed by atoms with Crippen LogP contribution in [0.4, 0.5) is 0 Å². The monoisotopic (exact) mass is 407 g/mol. The van der Waals surface area contributed by atoms with E-state index in [0.29, 0.717) is 6.54 Å². The van der Waals surface area contributed by atoms with Crippen molar-refractivity contribution in [1.82, 2.24) is 10.6 Å². The highest BCUT2D eigenvalue weighted by Gasteiger charge is 2.10. The summed E-state index contributed by atoms with van der Waals surface area (Å²) in [6, 6.07) is 10.1. The van der Waals surface area contributed by atoms with E-state index in [9.17, 15) is 0 Å². The molecule has 120 valence electrons. The Morgan fingerprint density at radius 1 is 1.19 bits per heavy atom. The van der Waals surface area contributed by atoms with Crippen molar-refractivity contribution in [3.05, 3.63) is 35.9 Å². The zero-order valence-electron chi connectivity index (χ0n) is 13.0. The lowest BCUT2D eigenvalue weighted by atomic mass is 10.1. The van der Waals surface area contributed by atoms with Crippen molar-refractivity contribution in [2.45, 2.75) is 12.5 Å². The maximum absolute atomic E-state index is 5.51. The fourth-order valence-corrected chi connectivity index (χ4v) is 1.84. The third kappa shape index (κ3) is 8.23. The van der Waals surface area contributed by atoms with E-state index in [1.807, 2.05) is 18.2 Å². The maximum Gasteiger partial charge on any atom is 0.191 e. The molecule has 0 saturated heterocycles. The molecule has 0 fully saturated rings. The molecule has 1 rings (SSSR count). The number of benzene rings is 1. The average Bonchev–Trinajstić information content (AvgIpc) is 2.51. The predicted molar refractivity (Wildman–Crippen MR) is 97.5 cm³/mol. The summed E-state index contributed by atoms with van der Waals surface area (Å²) in [4.78, 5) is 4.18. The minimum atomic E-state index is 0. The van der Waals surface area contributed by atoms with E-state index in [1.165, 1.54) is 0 Å². The largest absolute Gasteiger partial charge is 0.385 e. The van der Waals surface area contributed by atoms with Crippen LogP contribution in [0.15, 0.2) is 35.3 Å². The molecule has 1 aromatic rings. The summed E-state index contributed by atoms with van der Waals surface area (Å²) in [5.41, 5.74) is 1.15. The van der Waals surface area contributed by atoms with Crippen molar-refractivity contribution in [2.75, 3.05) is 41.0 Å². The number of hydrogen-bond acceptors (Lipinski definition) is 3. The second kappa shape index (κ2) is 12.8. The first-order valence-corrected chi connectivity index (χ1v) is 6.83. The highest BCUT2D eigenvalue weighted by molar-refractivity contribution is 14.0. The summed E-state index contributed by atoms with van der Waals surface area (Å²) in [5.74, 6) is 0.777. The highest BCUT2D eigenvalue weighted by Crippen LogP contribution is 2.14. The van der Waals surface area contributed by atoms with Crippen molar-refractivity contribution in [3.63, 3.8) is 0 Å². The lowest BCUT2D eigenvalue weighted by molar-refractivity contribution is 0.106. The summed E-state index contributed by atoms with van der Waals surface area (Å²) < 4.78 is 10.5. The molecule has 0 saturated carbocycles. The molecule has 0 heterocycles. The molecule has 0 aliphatic carbocycles. The molecule has 1 unspecified atom stereocenters. The first kappa shape index (κ1) is 20.1. The topological polar surface area (TPSA) is 54.9 Å². The van der Waals surface area contributed by atoms with Crippen molar-refractivity contribution in [3.8, 4) is 0 Å². The van der Waals surface area contributed by atoms with Crippen LogP contribution in [-0.2, 0) is 9.47 Å². The van der Waals surface area contributed by atoms with Crippen LogP contribution in [0.2, 0.25) is 0 Å².